The molecule has 0 amide bonds. The summed E-state index contributed by atoms with van der Waals surface area (Å²) in [6.07, 6.45) is 10.1. The topological polar surface area (TPSA) is 95.2 Å². The van der Waals surface area contributed by atoms with Crippen molar-refractivity contribution >= 4 is 27.5 Å². The van der Waals surface area contributed by atoms with Crippen molar-refractivity contribution in [2.75, 3.05) is 5.32 Å². The Morgan fingerprint density at radius 2 is 1.81 bits per heavy atom. The Hall–Kier alpha value is -4.78. The Morgan fingerprint density at radius 1 is 0.946 bits per heavy atom. The van der Waals surface area contributed by atoms with Crippen molar-refractivity contribution in [2.24, 2.45) is 5.92 Å². The number of allylic oxidation sites excluding steroid dienone is 1. The van der Waals surface area contributed by atoms with E-state index in [0.717, 1.165) is 73.4 Å². The van der Waals surface area contributed by atoms with E-state index in [9.17, 15) is 0 Å². The van der Waals surface area contributed by atoms with Crippen LogP contribution < -0.4 is 5.32 Å². The summed E-state index contributed by atoms with van der Waals surface area (Å²) in [6, 6.07) is 16.6. The molecule has 0 aliphatic heterocycles. The van der Waals surface area contributed by atoms with Crippen molar-refractivity contribution in [3.8, 4) is 33.8 Å². The number of hydrogen-bond donors (Lipinski definition) is 3. The van der Waals surface area contributed by atoms with Gasteiger partial charge in [-0.25, -0.2) is 0 Å². The van der Waals surface area contributed by atoms with Gasteiger partial charge in [-0.15, -0.1) is 0 Å². The number of nitrogens with one attached hydrogen (secondary N) is 3. The molecule has 7 nitrogen and oxygen atoms in total. The molecule has 0 aliphatic rings. The summed E-state index contributed by atoms with van der Waals surface area (Å²) in [5.74, 6) is 0.377. The molecule has 1 aromatic carbocycles. The van der Waals surface area contributed by atoms with Gasteiger partial charge < -0.3 is 10.3 Å². The molecule has 6 aromatic rings. The van der Waals surface area contributed by atoms with Crippen molar-refractivity contribution in [1.82, 2.24) is 30.1 Å². The highest BCUT2D eigenvalue weighted by molar-refractivity contribution is 6.01. The van der Waals surface area contributed by atoms with Crippen LogP contribution in [0.5, 0.6) is 0 Å². The van der Waals surface area contributed by atoms with Crippen molar-refractivity contribution in [2.45, 2.75) is 20.3 Å². The van der Waals surface area contributed by atoms with E-state index in [2.05, 4.69) is 92.3 Å². The van der Waals surface area contributed by atoms with Crippen LogP contribution in [0.15, 0.2) is 91.8 Å². The molecule has 0 spiro atoms. The summed E-state index contributed by atoms with van der Waals surface area (Å²) in [4.78, 5) is 16.8. The second kappa shape index (κ2) is 9.35. The molecule has 0 saturated carbocycles. The largest absolute Gasteiger partial charge is 0.358 e. The van der Waals surface area contributed by atoms with E-state index in [0.29, 0.717) is 5.92 Å². The van der Waals surface area contributed by atoms with Gasteiger partial charge in [-0.05, 0) is 59.9 Å². The van der Waals surface area contributed by atoms with E-state index in [4.69, 9.17) is 0 Å². The maximum absolute atomic E-state index is 4.67. The van der Waals surface area contributed by atoms with E-state index in [1.165, 1.54) is 0 Å². The summed E-state index contributed by atoms with van der Waals surface area (Å²) in [7, 11) is 0. The minimum absolute atomic E-state index is 0.377. The Bertz CT molecular complexity index is 1730. The highest BCUT2D eigenvalue weighted by Gasteiger charge is 2.15. The normalized spacial score (nSPS) is 12.2. The first-order chi connectivity index (χ1) is 18.1. The van der Waals surface area contributed by atoms with Gasteiger partial charge in [-0.2, -0.15) is 5.10 Å². The molecule has 6 rings (SSSR count). The van der Waals surface area contributed by atoms with Gasteiger partial charge in [0.1, 0.15) is 5.69 Å². The summed E-state index contributed by atoms with van der Waals surface area (Å²) in [5, 5.41) is 13.3. The van der Waals surface area contributed by atoms with E-state index in [1.54, 1.807) is 0 Å². The smallest absolute Gasteiger partial charge is 0.116 e. The van der Waals surface area contributed by atoms with Gasteiger partial charge in [0.15, 0.2) is 0 Å². The zero-order chi connectivity index (χ0) is 25.4. The second-order valence-corrected chi connectivity index (χ2v) is 9.29. The molecule has 1 unspecified atom stereocenters. The molecule has 182 valence electrons. The fraction of sp³-hybridized carbons (Fsp3) is 0.133. The predicted molar refractivity (Wildman–Crippen MR) is 150 cm³/mol. The monoisotopic (exact) mass is 485 g/mol. The van der Waals surface area contributed by atoms with E-state index in [-0.39, 0.29) is 0 Å². The number of pyridine rings is 3. The number of anilines is 1. The maximum atomic E-state index is 4.67. The van der Waals surface area contributed by atoms with Crippen LogP contribution in [0.1, 0.15) is 20.3 Å². The minimum atomic E-state index is 0.377. The lowest BCUT2D eigenvalue weighted by Crippen LogP contribution is -2.07. The Labute approximate surface area is 214 Å². The van der Waals surface area contributed by atoms with E-state index in [1.807, 2.05) is 43.1 Å². The van der Waals surface area contributed by atoms with Crippen LogP contribution in [-0.4, -0.2) is 30.1 Å². The Morgan fingerprint density at radius 3 is 2.65 bits per heavy atom. The number of benzene rings is 1. The number of nitrogens with zero attached hydrogens (tertiary/aromatic N) is 4. The van der Waals surface area contributed by atoms with Gasteiger partial charge >= 0.3 is 0 Å². The summed E-state index contributed by atoms with van der Waals surface area (Å²) in [6.45, 7) is 8.49. The third kappa shape index (κ3) is 4.25. The third-order valence-electron chi connectivity index (χ3n) is 6.90. The molecule has 3 N–H and O–H groups in total. The van der Waals surface area contributed by atoms with Crippen molar-refractivity contribution in [3.63, 3.8) is 0 Å². The Kier molecular flexibility index (Phi) is 5.73. The van der Waals surface area contributed by atoms with Gasteiger partial charge in [0.2, 0.25) is 0 Å². The van der Waals surface area contributed by atoms with Crippen LogP contribution in [0, 0.1) is 5.92 Å². The molecule has 0 bridgehead atoms. The fourth-order valence-corrected chi connectivity index (χ4v) is 4.55. The third-order valence-corrected chi connectivity index (χ3v) is 6.90. The molecule has 0 aliphatic carbocycles. The molecule has 5 aromatic heterocycles. The van der Waals surface area contributed by atoms with E-state index >= 15 is 0 Å². The lowest BCUT2D eigenvalue weighted by Gasteiger charge is -2.15. The minimum Gasteiger partial charge on any atom is -0.358 e. The standard InChI is InChI=1S/C30H27N7/c1-4-18(2)19(3)34-22-12-21(15-32-16-22)27-14-25-29(17-33-27)36-37-30(25)28-13-24-23(6-5-7-26(24)35-28)20-8-10-31-11-9-20/h5-18,34-35H,3-4H2,1-2H3,(H,36,37). The first kappa shape index (κ1) is 22.7. The lowest BCUT2D eigenvalue weighted by molar-refractivity contribution is 0.662. The SMILES string of the molecule is C=C(Nc1cncc(-c2cc3c(-c4cc5c(-c6ccncc6)cccc5[nH]4)n[nH]c3cn2)c1)C(C)CC. The molecule has 0 fully saturated rings. The zero-order valence-electron chi connectivity index (χ0n) is 20.8. The quantitative estimate of drug-likeness (QED) is 0.222. The van der Waals surface area contributed by atoms with Crippen LogP contribution in [-0.2, 0) is 0 Å². The van der Waals surface area contributed by atoms with Gasteiger partial charge in [-0.3, -0.25) is 20.1 Å². The average molecular weight is 486 g/mol. The van der Waals surface area contributed by atoms with Gasteiger partial charge in [0.05, 0.1) is 35.0 Å². The maximum Gasteiger partial charge on any atom is 0.116 e. The number of H-pyrrole nitrogens is 2. The average Bonchev–Trinajstić information content (AvgIpc) is 3.56. The lowest BCUT2D eigenvalue weighted by atomic mass is 10.0. The van der Waals surface area contributed by atoms with Crippen LogP contribution in [0.25, 0.3) is 55.6 Å². The number of rotatable bonds is 7. The predicted octanol–water partition coefficient (Wildman–Crippen LogP) is 7.20. The summed E-state index contributed by atoms with van der Waals surface area (Å²) < 4.78 is 0. The summed E-state index contributed by atoms with van der Waals surface area (Å²) in [5.41, 5.74) is 9.63. The zero-order valence-corrected chi connectivity index (χ0v) is 20.8. The van der Waals surface area contributed by atoms with Crippen molar-refractivity contribution in [3.05, 3.63) is 91.8 Å². The first-order valence-corrected chi connectivity index (χ1v) is 12.4. The molecule has 0 saturated heterocycles. The molecule has 5 heterocycles. The Balaban J connectivity index is 1.39. The van der Waals surface area contributed by atoms with Crippen LogP contribution >= 0.6 is 0 Å². The number of fused-ring (bicyclic) bond motifs is 2. The molecular formula is C30H27N7. The van der Waals surface area contributed by atoms with Crippen molar-refractivity contribution < 1.29 is 0 Å². The number of aromatic nitrogens is 6. The fourth-order valence-electron chi connectivity index (χ4n) is 4.55. The first-order valence-electron chi connectivity index (χ1n) is 12.4. The van der Waals surface area contributed by atoms with Gasteiger partial charge in [0.25, 0.3) is 0 Å². The number of aromatic amines is 2. The van der Waals surface area contributed by atoms with Crippen LogP contribution in [0.4, 0.5) is 5.69 Å². The van der Waals surface area contributed by atoms with Gasteiger partial charge in [0, 0.05) is 46.1 Å². The molecule has 37 heavy (non-hydrogen) atoms. The van der Waals surface area contributed by atoms with Gasteiger partial charge in [-0.1, -0.05) is 32.6 Å². The number of hydrogen-bond acceptors (Lipinski definition) is 5. The molecular weight excluding hydrogens is 458 g/mol. The van der Waals surface area contributed by atoms with Crippen molar-refractivity contribution in [1.29, 1.82) is 0 Å². The summed E-state index contributed by atoms with van der Waals surface area (Å²) >= 11 is 0. The highest BCUT2D eigenvalue weighted by atomic mass is 15.1. The molecule has 1 atom stereocenters. The molecule has 7 heteroatoms. The van der Waals surface area contributed by atoms with Crippen LogP contribution in [0.2, 0.25) is 0 Å². The van der Waals surface area contributed by atoms with Crippen LogP contribution in [0.3, 0.4) is 0 Å². The molecule has 0 radical (unpaired) electrons. The second-order valence-electron chi connectivity index (χ2n) is 9.29. The highest BCUT2D eigenvalue weighted by Crippen LogP contribution is 2.34. The van der Waals surface area contributed by atoms with E-state index < -0.39 is 0 Å².